The van der Waals surface area contributed by atoms with E-state index in [2.05, 4.69) is 15.0 Å². The van der Waals surface area contributed by atoms with E-state index >= 15 is 0 Å². The summed E-state index contributed by atoms with van der Waals surface area (Å²) in [5.41, 5.74) is 4.49. The van der Waals surface area contributed by atoms with E-state index in [1.54, 1.807) is 18.6 Å². The summed E-state index contributed by atoms with van der Waals surface area (Å²) in [6, 6.07) is 9.61. The molecule has 0 saturated carbocycles. The van der Waals surface area contributed by atoms with Crippen LogP contribution in [0, 0.1) is 19.7 Å². The lowest BCUT2D eigenvalue weighted by Crippen LogP contribution is -2.00. The molecule has 1 aromatic carbocycles. The molecule has 23 heavy (non-hydrogen) atoms. The van der Waals surface area contributed by atoms with Crippen LogP contribution in [0.5, 0.6) is 0 Å². The quantitative estimate of drug-likeness (QED) is 0.729. The Morgan fingerprint density at radius 1 is 0.826 bits per heavy atom. The standard InChI is InChI=1S/C19H18FN3/c1-13-3-6-16(7-4-13)19-22-11-15(12-23-19)5-8-18-17(20)9-14(2)10-21-18/h3-4,6-7,9-12H,5,8H2,1-2H3. The summed E-state index contributed by atoms with van der Waals surface area (Å²) >= 11 is 0. The maximum Gasteiger partial charge on any atom is 0.159 e. The number of halogens is 1. The second-order valence-corrected chi connectivity index (χ2v) is 5.72. The van der Waals surface area contributed by atoms with Gasteiger partial charge in [-0.05, 0) is 43.9 Å². The zero-order chi connectivity index (χ0) is 16.2. The van der Waals surface area contributed by atoms with Gasteiger partial charge in [0.15, 0.2) is 5.82 Å². The van der Waals surface area contributed by atoms with E-state index in [4.69, 9.17) is 0 Å². The number of pyridine rings is 1. The fourth-order valence-electron chi connectivity index (χ4n) is 2.34. The molecule has 3 nitrogen and oxygen atoms in total. The number of rotatable bonds is 4. The predicted octanol–water partition coefficient (Wildman–Crippen LogP) is 4.08. The van der Waals surface area contributed by atoms with Gasteiger partial charge in [0, 0.05) is 24.2 Å². The van der Waals surface area contributed by atoms with Crippen molar-refractivity contribution >= 4 is 0 Å². The summed E-state index contributed by atoms with van der Waals surface area (Å²) in [4.78, 5) is 13.0. The average molecular weight is 307 g/mol. The van der Waals surface area contributed by atoms with Gasteiger partial charge in [-0.15, -0.1) is 0 Å². The molecule has 0 radical (unpaired) electrons. The van der Waals surface area contributed by atoms with Crippen LogP contribution in [0.3, 0.4) is 0 Å². The van der Waals surface area contributed by atoms with Crippen LogP contribution in [-0.4, -0.2) is 15.0 Å². The molecule has 2 heterocycles. The van der Waals surface area contributed by atoms with Crippen molar-refractivity contribution in [1.29, 1.82) is 0 Å². The second-order valence-electron chi connectivity index (χ2n) is 5.72. The first kappa shape index (κ1) is 15.3. The number of benzene rings is 1. The lowest BCUT2D eigenvalue weighted by Gasteiger charge is -2.05. The van der Waals surface area contributed by atoms with Crippen LogP contribution >= 0.6 is 0 Å². The van der Waals surface area contributed by atoms with Crippen LogP contribution in [0.2, 0.25) is 0 Å². The highest BCUT2D eigenvalue weighted by atomic mass is 19.1. The van der Waals surface area contributed by atoms with Crippen LogP contribution in [0.25, 0.3) is 11.4 Å². The summed E-state index contributed by atoms with van der Waals surface area (Å²) in [5.74, 6) is 0.454. The van der Waals surface area contributed by atoms with E-state index in [-0.39, 0.29) is 5.82 Å². The Bertz CT molecular complexity index is 796. The highest BCUT2D eigenvalue weighted by molar-refractivity contribution is 5.54. The minimum atomic E-state index is -0.248. The topological polar surface area (TPSA) is 38.7 Å². The van der Waals surface area contributed by atoms with Crippen LogP contribution in [-0.2, 0) is 12.8 Å². The molecule has 3 rings (SSSR count). The number of hydrogen-bond acceptors (Lipinski definition) is 3. The van der Waals surface area contributed by atoms with E-state index in [1.807, 2.05) is 38.1 Å². The van der Waals surface area contributed by atoms with Gasteiger partial charge in [-0.3, -0.25) is 4.98 Å². The molecule has 0 saturated heterocycles. The van der Waals surface area contributed by atoms with E-state index < -0.39 is 0 Å². The number of aromatic nitrogens is 3. The van der Waals surface area contributed by atoms with Crippen molar-refractivity contribution in [3.8, 4) is 11.4 Å². The third-order valence-corrected chi connectivity index (χ3v) is 3.72. The van der Waals surface area contributed by atoms with Crippen molar-refractivity contribution in [2.45, 2.75) is 26.7 Å². The molecule has 2 aromatic heterocycles. The molecule has 0 aliphatic heterocycles. The zero-order valence-electron chi connectivity index (χ0n) is 13.3. The molecular weight excluding hydrogens is 289 g/mol. The second kappa shape index (κ2) is 6.65. The minimum absolute atomic E-state index is 0.248. The van der Waals surface area contributed by atoms with Crippen LogP contribution in [0.4, 0.5) is 4.39 Å². The monoisotopic (exact) mass is 307 g/mol. The molecule has 0 atom stereocenters. The van der Waals surface area contributed by atoms with Gasteiger partial charge in [-0.2, -0.15) is 0 Å². The van der Waals surface area contributed by atoms with Gasteiger partial charge >= 0.3 is 0 Å². The molecule has 0 N–H and O–H groups in total. The van der Waals surface area contributed by atoms with Gasteiger partial charge in [0.05, 0.1) is 5.69 Å². The maximum absolute atomic E-state index is 13.8. The van der Waals surface area contributed by atoms with Gasteiger partial charge in [-0.25, -0.2) is 14.4 Å². The lowest BCUT2D eigenvalue weighted by molar-refractivity contribution is 0.595. The van der Waals surface area contributed by atoms with Gasteiger partial charge in [0.1, 0.15) is 5.82 Å². The molecule has 0 aliphatic carbocycles. The first-order valence-electron chi connectivity index (χ1n) is 7.61. The molecule has 0 aliphatic rings. The molecular formula is C19H18FN3. The van der Waals surface area contributed by atoms with Crippen molar-refractivity contribution < 1.29 is 4.39 Å². The third-order valence-electron chi connectivity index (χ3n) is 3.72. The largest absolute Gasteiger partial charge is 0.258 e. The fraction of sp³-hybridized carbons (Fsp3) is 0.211. The fourth-order valence-corrected chi connectivity index (χ4v) is 2.34. The average Bonchev–Trinajstić information content (AvgIpc) is 2.55. The van der Waals surface area contributed by atoms with Crippen molar-refractivity contribution in [3.63, 3.8) is 0 Å². The van der Waals surface area contributed by atoms with Gasteiger partial charge in [0.2, 0.25) is 0 Å². The first-order valence-corrected chi connectivity index (χ1v) is 7.61. The van der Waals surface area contributed by atoms with Crippen LogP contribution in [0.15, 0.2) is 48.9 Å². The summed E-state index contributed by atoms with van der Waals surface area (Å²) in [5, 5.41) is 0. The molecule has 0 amide bonds. The molecule has 0 spiro atoms. The van der Waals surface area contributed by atoms with Crippen molar-refractivity contribution in [2.75, 3.05) is 0 Å². The Labute approximate surface area is 135 Å². The number of aryl methyl sites for hydroxylation is 4. The summed E-state index contributed by atoms with van der Waals surface area (Å²) in [6.07, 6.45) is 6.50. The van der Waals surface area contributed by atoms with Gasteiger partial charge in [-0.1, -0.05) is 29.8 Å². The van der Waals surface area contributed by atoms with E-state index in [1.165, 1.54) is 11.6 Å². The Hall–Kier alpha value is -2.62. The number of nitrogens with zero attached hydrogens (tertiary/aromatic N) is 3. The van der Waals surface area contributed by atoms with Gasteiger partial charge < -0.3 is 0 Å². The van der Waals surface area contributed by atoms with E-state index in [9.17, 15) is 4.39 Å². The van der Waals surface area contributed by atoms with Crippen LogP contribution in [0.1, 0.15) is 22.4 Å². The summed E-state index contributed by atoms with van der Waals surface area (Å²) < 4.78 is 13.8. The Morgan fingerprint density at radius 3 is 2.17 bits per heavy atom. The molecule has 0 bridgehead atoms. The Kier molecular flexibility index (Phi) is 4.42. The van der Waals surface area contributed by atoms with Crippen molar-refractivity contribution in [3.05, 3.63) is 77.1 Å². The molecule has 3 aromatic rings. The minimum Gasteiger partial charge on any atom is -0.258 e. The Morgan fingerprint density at radius 2 is 1.52 bits per heavy atom. The normalized spacial score (nSPS) is 10.7. The van der Waals surface area contributed by atoms with Gasteiger partial charge in [0.25, 0.3) is 0 Å². The maximum atomic E-state index is 13.8. The predicted molar refractivity (Wildman–Crippen MR) is 88.5 cm³/mol. The first-order chi connectivity index (χ1) is 11.1. The molecule has 4 heteroatoms. The third kappa shape index (κ3) is 3.77. The number of hydrogen-bond donors (Lipinski definition) is 0. The van der Waals surface area contributed by atoms with Crippen molar-refractivity contribution in [1.82, 2.24) is 15.0 Å². The van der Waals surface area contributed by atoms with E-state index in [0.29, 0.717) is 24.4 Å². The van der Waals surface area contributed by atoms with E-state index in [0.717, 1.165) is 16.7 Å². The Balaban J connectivity index is 1.69. The zero-order valence-corrected chi connectivity index (χ0v) is 13.3. The SMILES string of the molecule is Cc1ccc(-c2ncc(CCc3ncc(C)cc3F)cn2)cc1. The van der Waals surface area contributed by atoms with Crippen LogP contribution < -0.4 is 0 Å². The molecule has 116 valence electrons. The summed E-state index contributed by atoms with van der Waals surface area (Å²) in [7, 11) is 0. The summed E-state index contributed by atoms with van der Waals surface area (Å²) in [6.45, 7) is 3.88. The molecule has 0 fully saturated rings. The lowest BCUT2D eigenvalue weighted by atomic mass is 10.1. The smallest absolute Gasteiger partial charge is 0.159 e. The highest BCUT2D eigenvalue weighted by Gasteiger charge is 2.06. The van der Waals surface area contributed by atoms with Crippen molar-refractivity contribution in [2.24, 2.45) is 0 Å². The highest BCUT2D eigenvalue weighted by Crippen LogP contribution is 2.16. The molecule has 0 unspecified atom stereocenters.